The third kappa shape index (κ3) is 186. The highest BCUT2D eigenvalue weighted by molar-refractivity contribution is 4.80. The molecule has 0 rings (SSSR count). The van der Waals surface area contributed by atoms with Gasteiger partial charge in [0.25, 0.3) is 0 Å². The van der Waals surface area contributed by atoms with Crippen LogP contribution < -0.4 is 0 Å². The molecule has 0 aliphatic heterocycles. The molecule has 0 radical (unpaired) electrons. The number of hydrogen-bond donors (Lipinski definition) is 6. The minimum atomic E-state index is -0.0509. The number of aliphatic hydroxyl groups is 6. The summed E-state index contributed by atoms with van der Waals surface area (Å²) in [6, 6.07) is 0. The molecule has 6 unspecified atom stereocenters. The molecule has 0 bridgehead atoms. The van der Waals surface area contributed by atoms with Crippen LogP contribution in [0.15, 0.2) is 72.9 Å². The van der Waals surface area contributed by atoms with Crippen molar-refractivity contribution < 1.29 is 30.6 Å². The van der Waals surface area contributed by atoms with Crippen molar-refractivity contribution in [1.82, 2.24) is 0 Å². The van der Waals surface area contributed by atoms with Crippen LogP contribution in [0.1, 0.15) is 359 Å². The number of allylic oxidation sites excluding steroid dienone is 12. The molecule has 480 valence electrons. The Kier molecular flexibility index (Phi) is 164. The molecule has 78 heavy (non-hydrogen) atoms. The molecule has 0 aromatic rings. The second-order valence-electron chi connectivity index (χ2n) is 18.8. The predicted octanol–water partition coefficient (Wildman–Crippen LogP) is 23.5. The largest absolute Gasteiger partial charge is 0.393 e. The van der Waals surface area contributed by atoms with E-state index in [-0.39, 0.29) is 36.6 Å². The van der Waals surface area contributed by atoms with E-state index in [2.05, 4.69) is 198 Å². The van der Waals surface area contributed by atoms with Gasteiger partial charge in [0.2, 0.25) is 0 Å². The lowest BCUT2D eigenvalue weighted by atomic mass is 10.2. The van der Waals surface area contributed by atoms with Gasteiger partial charge in [-0.25, -0.2) is 0 Å². The van der Waals surface area contributed by atoms with Gasteiger partial charge in [-0.1, -0.05) is 278 Å². The van der Waals surface area contributed by atoms with Gasteiger partial charge in [0.1, 0.15) is 0 Å². The first kappa shape index (κ1) is 105. The van der Waals surface area contributed by atoms with E-state index in [9.17, 15) is 0 Å². The van der Waals surface area contributed by atoms with Gasteiger partial charge < -0.3 is 30.6 Å². The molecule has 0 aromatic carbocycles. The van der Waals surface area contributed by atoms with Crippen molar-refractivity contribution in [2.45, 2.75) is 395 Å². The first-order valence-corrected chi connectivity index (χ1v) is 33.3. The van der Waals surface area contributed by atoms with Crippen LogP contribution in [0.3, 0.4) is 0 Å². The van der Waals surface area contributed by atoms with Gasteiger partial charge in [-0.2, -0.15) is 0 Å². The Morgan fingerprint density at radius 3 is 0.269 bits per heavy atom. The van der Waals surface area contributed by atoms with Crippen LogP contribution in [0.2, 0.25) is 0 Å². The van der Waals surface area contributed by atoms with Gasteiger partial charge in [-0.05, 0) is 154 Å². The first-order chi connectivity index (χ1) is 37.3. The topological polar surface area (TPSA) is 121 Å². The summed E-state index contributed by atoms with van der Waals surface area (Å²) < 4.78 is 0. The fourth-order valence-corrected chi connectivity index (χ4v) is 5.22. The van der Waals surface area contributed by atoms with Crippen molar-refractivity contribution in [3.63, 3.8) is 0 Å². The van der Waals surface area contributed by atoms with Gasteiger partial charge in [-0.3, -0.25) is 0 Å². The molecule has 0 amide bonds. The molecule has 6 N–H and O–H groups in total. The summed E-state index contributed by atoms with van der Waals surface area (Å²) in [6.07, 6.45) is 57.6. The normalized spacial score (nSPS) is 12.4. The average Bonchev–Trinajstić information content (AvgIpc) is 3.45. The molecule has 0 spiro atoms. The lowest BCUT2D eigenvalue weighted by Gasteiger charge is -2.01. The van der Waals surface area contributed by atoms with E-state index in [4.69, 9.17) is 30.6 Å². The second-order valence-corrected chi connectivity index (χ2v) is 18.8. The maximum Gasteiger partial charge on any atom is 0.0537 e. The third-order valence-corrected chi connectivity index (χ3v) is 10.4. The summed E-state index contributed by atoms with van der Waals surface area (Å²) in [6.45, 7) is 50.2. The fraction of sp³-hybridized carbons (Fsp3) is 0.833. The van der Waals surface area contributed by atoms with Crippen molar-refractivity contribution >= 4 is 0 Å². The zero-order valence-corrected chi connectivity index (χ0v) is 58.3. The highest BCUT2D eigenvalue weighted by atomic mass is 16.3. The first-order valence-electron chi connectivity index (χ1n) is 33.3. The predicted molar refractivity (Wildman–Crippen MR) is 366 cm³/mol. The molecule has 0 aliphatic rings. The lowest BCUT2D eigenvalue weighted by Crippen LogP contribution is -2.01. The summed E-state index contributed by atoms with van der Waals surface area (Å²) in [5.41, 5.74) is 0. The quantitative estimate of drug-likeness (QED) is 0.0399. The van der Waals surface area contributed by atoms with Gasteiger partial charge in [0.15, 0.2) is 0 Å². The molecular weight excluding hydrogens is 961 g/mol. The number of aliphatic hydroxyl groups excluding tert-OH is 6. The molecule has 0 aromatic heterocycles. The Labute approximate surface area is 496 Å². The Balaban J connectivity index is -0.0000000610. The molecule has 0 fully saturated rings. The standard InChI is InChI=1S/6C6H14O.6C6H12/c6*1-3-5-6(7)4-2;6*1-3-5-6-4-2/h6*6-7H,3-5H2,1-2H3;6*5-6H,3-4H2,1-2H3/b;;;;;;6*6-5-. The van der Waals surface area contributed by atoms with Crippen molar-refractivity contribution in [3.8, 4) is 0 Å². The Bertz CT molecular complexity index is 749. The van der Waals surface area contributed by atoms with Crippen molar-refractivity contribution in [2.75, 3.05) is 0 Å². The minimum absolute atomic E-state index is 0.0509. The van der Waals surface area contributed by atoms with E-state index < -0.39 is 0 Å². The van der Waals surface area contributed by atoms with Crippen molar-refractivity contribution in [1.29, 1.82) is 0 Å². The number of hydrogen-bond acceptors (Lipinski definition) is 6. The maximum atomic E-state index is 8.86. The molecule has 0 saturated heterocycles. The van der Waals surface area contributed by atoms with Crippen LogP contribution in [0.25, 0.3) is 0 Å². The zero-order valence-electron chi connectivity index (χ0n) is 58.3. The smallest absolute Gasteiger partial charge is 0.0537 e. The molecular formula is C72H156O6. The molecule has 6 atom stereocenters. The summed E-state index contributed by atoms with van der Waals surface area (Å²) >= 11 is 0. The van der Waals surface area contributed by atoms with Crippen LogP contribution >= 0.6 is 0 Å². The maximum absolute atomic E-state index is 8.86. The van der Waals surface area contributed by atoms with Crippen LogP contribution in [-0.2, 0) is 0 Å². The summed E-state index contributed by atoms with van der Waals surface area (Å²) in [7, 11) is 0. The van der Waals surface area contributed by atoms with Crippen LogP contribution in [0, 0.1) is 0 Å². The van der Waals surface area contributed by atoms with Crippen LogP contribution in [-0.4, -0.2) is 67.3 Å². The molecule has 6 heteroatoms. The SMILES string of the molecule is CC/C=C\CC.CC/C=C\CC.CC/C=C\CC.CC/C=C\CC.CC/C=C\CC.CC/C=C\CC.CCCC(O)CC.CCCC(O)CC.CCCC(O)CC.CCCC(O)CC.CCCC(O)CC.CCCC(O)CC. The highest BCUT2D eigenvalue weighted by Crippen LogP contribution is 2.01. The minimum Gasteiger partial charge on any atom is -0.393 e. The Morgan fingerprint density at radius 2 is 0.244 bits per heavy atom. The van der Waals surface area contributed by atoms with Crippen molar-refractivity contribution in [2.24, 2.45) is 0 Å². The van der Waals surface area contributed by atoms with E-state index in [0.717, 1.165) is 116 Å². The Morgan fingerprint density at radius 1 is 0.167 bits per heavy atom. The van der Waals surface area contributed by atoms with E-state index in [1.165, 1.54) is 77.0 Å². The lowest BCUT2D eigenvalue weighted by molar-refractivity contribution is 0.159. The van der Waals surface area contributed by atoms with Gasteiger partial charge >= 0.3 is 0 Å². The molecule has 6 nitrogen and oxygen atoms in total. The number of rotatable bonds is 30. The Hall–Kier alpha value is -1.80. The summed E-state index contributed by atoms with van der Waals surface area (Å²) in [5, 5.41) is 53.1. The highest BCUT2D eigenvalue weighted by Gasteiger charge is 1.97. The van der Waals surface area contributed by atoms with Crippen molar-refractivity contribution in [3.05, 3.63) is 72.9 Å². The van der Waals surface area contributed by atoms with Gasteiger partial charge in [0.05, 0.1) is 36.6 Å². The van der Waals surface area contributed by atoms with E-state index >= 15 is 0 Å². The van der Waals surface area contributed by atoms with E-state index in [1.54, 1.807) is 0 Å². The fourth-order valence-electron chi connectivity index (χ4n) is 5.22. The van der Waals surface area contributed by atoms with Gasteiger partial charge in [0, 0.05) is 0 Å². The molecule has 0 heterocycles. The van der Waals surface area contributed by atoms with Crippen LogP contribution in [0.4, 0.5) is 0 Å². The molecule has 0 aliphatic carbocycles. The summed E-state index contributed by atoms with van der Waals surface area (Å²) in [5.74, 6) is 0. The second kappa shape index (κ2) is 122. The van der Waals surface area contributed by atoms with Crippen LogP contribution in [0.5, 0.6) is 0 Å². The monoisotopic (exact) mass is 1120 g/mol. The molecule has 0 saturated carbocycles. The van der Waals surface area contributed by atoms with Gasteiger partial charge in [-0.15, -0.1) is 0 Å². The van der Waals surface area contributed by atoms with E-state index in [0.29, 0.717) is 0 Å². The average molecular weight is 1120 g/mol. The van der Waals surface area contributed by atoms with E-state index in [1.807, 2.05) is 41.5 Å². The zero-order chi connectivity index (χ0) is 63.2. The third-order valence-electron chi connectivity index (χ3n) is 10.4. The summed E-state index contributed by atoms with van der Waals surface area (Å²) in [4.78, 5) is 0.